The highest BCUT2D eigenvalue weighted by Crippen LogP contribution is 2.22. The van der Waals surface area contributed by atoms with Crippen LogP contribution in [0.15, 0.2) is 18.3 Å². The van der Waals surface area contributed by atoms with Crippen LogP contribution in [0.25, 0.3) is 0 Å². The highest BCUT2D eigenvalue weighted by atomic mass is 32.1. The number of amides is 1. The number of hydrogen-bond donors (Lipinski definition) is 2. The van der Waals surface area contributed by atoms with Crippen molar-refractivity contribution in [3.05, 3.63) is 33.9 Å². The van der Waals surface area contributed by atoms with Crippen molar-refractivity contribution in [1.82, 2.24) is 9.97 Å². The number of nitrogen functional groups attached to an aromatic ring is 1. The minimum atomic E-state index is -0.141. The fourth-order valence-electron chi connectivity index (χ4n) is 1.84. The van der Waals surface area contributed by atoms with Crippen LogP contribution in [0.4, 0.5) is 11.5 Å². The van der Waals surface area contributed by atoms with E-state index in [9.17, 15) is 4.79 Å². The number of carbonyl (C=O) groups excluding carboxylic acids is 1. The predicted molar refractivity (Wildman–Crippen MR) is 82.0 cm³/mol. The van der Waals surface area contributed by atoms with Crippen LogP contribution in [0.2, 0.25) is 0 Å². The van der Waals surface area contributed by atoms with Gasteiger partial charge in [0.25, 0.3) is 5.91 Å². The molecule has 0 bridgehead atoms. The van der Waals surface area contributed by atoms with Gasteiger partial charge in [-0.15, -0.1) is 11.3 Å². The van der Waals surface area contributed by atoms with E-state index in [0.717, 1.165) is 17.1 Å². The lowest BCUT2D eigenvalue weighted by Crippen LogP contribution is -2.13. The van der Waals surface area contributed by atoms with Crippen LogP contribution < -0.4 is 11.1 Å². The number of nitrogens with zero attached hydrogens (tertiary/aromatic N) is 2. The Hall–Kier alpha value is -1.95. The lowest BCUT2D eigenvalue weighted by atomic mass is 10.1. The van der Waals surface area contributed by atoms with Gasteiger partial charge in [-0.05, 0) is 31.4 Å². The van der Waals surface area contributed by atoms with Crippen molar-refractivity contribution in [3.8, 4) is 0 Å². The Morgan fingerprint density at radius 2 is 2.20 bits per heavy atom. The molecule has 0 spiro atoms. The summed E-state index contributed by atoms with van der Waals surface area (Å²) in [5.74, 6) is 0.746. The molecule has 0 saturated heterocycles. The molecule has 0 aromatic carbocycles. The van der Waals surface area contributed by atoms with E-state index in [4.69, 9.17) is 5.73 Å². The topological polar surface area (TPSA) is 80.9 Å². The molecule has 0 unspecified atom stereocenters. The molecule has 0 radical (unpaired) electrons. The SMILES string of the molecule is Cc1nc(CC(C)C)c(C(=O)Nc2ccc(N)nc2)s1. The van der Waals surface area contributed by atoms with Gasteiger partial charge in [-0.1, -0.05) is 13.8 Å². The number of nitrogens with two attached hydrogens (primary N) is 1. The summed E-state index contributed by atoms with van der Waals surface area (Å²) in [6.45, 7) is 6.14. The summed E-state index contributed by atoms with van der Waals surface area (Å²) in [5.41, 5.74) is 7.01. The zero-order chi connectivity index (χ0) is 14.7. The third-order valence-corrected chi connectivity index (χ3v) is 3.67. The lowest BCUT2D eigenvalue weighted by Gasteiger charge is -2.06. The van der Waals surface area contributed by atoms with E-state index in [-0.39, 0.29) is 5.91 Å². The molecule has 0 atom stereocenters. The highest BCUT2D eigenvalue weighted by Gasteiger charge is 2.17. The Balaban J connectivity index is 2.18. The zero-order valence-corrected chi connectivity index (χ0v) is 12.6. The van der Waals surface area contributed by atoms with Crippen LogP contribution in [0.1, 0.15) is 34.2 Å². The molecule has 20 heavy (non-hydrogen) atoms. The number of carbonyl (C=O) groups is 1. The first-order valence-electron chi connectivity index (χ1n) is 6.45. The molecule has 2 heterocycles. The molecule has 5 nitrogen and oxygen atoms in total. The van der Waals surface area contributed by atoms with E-state index in [0.29, 0.717) is 22.3 Å². The molecular formula is C14H18N4OS. The molecule has 6 heteroatoms. The van der Waals surface area contributed by atoms with Crippen molar-refractivity contribution < 1.29 is 4.79 Å². The second-order valence-electron chi connectivity index (χ2n) is 5.03. The van der Waals surface area contributed by atoms with Crippen LogP contribution in [0.3, 0.4) is 0 Å². The van der Waals surface area contributed by atoms with Gasteiger partial charge in [-0.25, -0.2) is 9.97 Å². The quantitative estimate of drug-likeness (QED) is 0.907. The van der Waals surface area contributed by atoms with Gasteiger partial charge in [0.15, 0.2) is 0 Å². The first-order chi connectivity index (χ1) is 9.45. The molecule has 106 valence electrons. The molecule has 0 aliphatic heterocycles. The maximum atomic E-state index is 12.3. The Bertz CT molecular complexity index is 604. The van der Waals surface area contributed by atoms with Gasteiger partial charge in [0, 0.05) is 0 Å². The number of hydrogen-bond acceptors (Lipinski definition) is 5. The Morgan fingerprint density at radius 1 is 1.45 bits per heavy atom. The average molecular weight is 290 g/mol. The molecule has 0 aliphatic rings. The number of aromatic nitrogens is 2. The average Bonchev–Trinajstić information content (AvgIpc) is 2.72. The summed E-state index contributed by atoms with van der Waals surface area (Å²) in [4.78, 5) is 21.4. The maximum absolute atomic E-state index is 12.3. The molecule has 0 aliphatic carbocycles. The van der Waals surface area contributed by atoms with Crippen LogP contribution in [-0.2, 0) is 6.42 Å². The van der Waals surface area contributed by atoms with Crippen molar-refractivity contribution in [3.63, 3.8) is 0 Å². The van der Waals surface area contributed by atoms with Gasteiger partial charge < -0.3 is 11.1 Å². The summed E-state index contributed by atoms with van der Waals surface area (Å²) in [5, 5.41) is 3.73. The molecule has 2 aromatic rings. The second kappa shape index (κ2) is 6.00. The monoisotopic (exact) mass is 290 g/mol. The summed E-state index contributed by atoms with van der Waals surface area (Å²) in [6, 6.07) is 3.39. The van der Waals surface area contributed by atoms with E-state index >= 15 is 0 Å². The molecule has 0 saturated carbocycles. The Kier molecular flexibility index (Phi) is 4.34. The van der Waals surface area contributed by atoms with Crippen LogP contribution in [-0.4, -0.2) is 15.9 Å². The number of pyridine rings is 1. The highest BCUT2D eigenvalue weighted by molar-refractivity contribution is 7.13. The molecule has 0 fully saturated rings. The lowest BCUT2D eigenvalue weighted by molar-refractivity contribution is 0.102. The first-order valence-corrected chi connectivity index (χ1v) is 7.26. The van der Waals surface area contributed by atoms with Crippen LogP contribution in [0.5, 0.6) is 0 Å². The van der Waals surface area contributed by atoms with E-state index < -0.39 is 0 Å². The third-order valence-electron chi connectivity index (χ3n) is 2.66. The van der Waals surface area contributed by atoms with Gasteiger partial charge in [-0.3, -0.25) is 4.79 Å². The van der Waals surface area contributed by atoms with E-state index in [1.165, 1.54) is 11.3 Å². The van der Waals surface area contributed by atoms with Crippen molar-refractivity contribution in [2.75, 3.05) is 11.1 Å². The largest absolute Gasteiger partial charge is 0.384 e. The molecule has 3 N–H and O–H groups in total. The number of rotatable bonds is 4. The minimum absolute atomic E-state index is 0.141. The fraction of sp³-hybridized carbons (Fsp3) is 0.357. The number of nitrogens with one attached hydrogen (secondary N) is 1. The van der Waals surface area contributed by atoms with E-state index in [2.05, 4.69) is 29.1 Å². The van der Waals surface area contributed by atoms with Crippen LogP contribution in [0, 0.1) is 12.8 Å². The summed E-state index contributed by atoms with van der Waals surface area (Å²) >= 11 is 1.42. The third kappa shape index (κ3) is 3.54. The van der Waals surface area contributed by atoms with Crippen molar-refractivity contribution in [1.29, 1.82) is 0 Å². The van der Waals surface area contributed by atoms with Gasteiger partial charge >= 0.3 is 0 Å². The van der Waals surface area contributed by atoms with E-state index in [1.54, 1.807) is 18.3 Å². The summed E-state index contributed by atoms with van der Waals surface area (Å²) in [7, 11) is 0. The van der Waals surface area contributed by atoms with Gasteiger partial charge in [0.2, 0.25) is 0 Å². The molecule has 2 rings (SSSR count). The number of anilines is 2. The Morgan fingerprint density at radius 3 is 2.80 bits per heavy atom. The van der Waals surface area contributed by atoms with Crippen molar-refractivity contribution in [2.24, 2.45) is 5.92 Å². The van der Waals surface area contributed by atoms with Gasteiger partial charge in [0.1, 0.15) is 10.7 Å². The second-order valence-corrected chi connectivity index (χ2v) is 6.24. The Labute approximate surface area is 122 Å². The zero-order valence-electron chi connectivity index (χ0n) is 11.8. The molecular weight excluding hydrogens is 272 g/mol. The smallest absolute Gasteiger partial charge is 0.267 e. The van der Waals surface area contributed by atoms with Gasteiger partial charge in [0.05, 0.1) is 22.6 Å². The molecule has 1 amide bonds. The van der Waals surface area contributed by atoms with E-state index in [1.807, 2.05) is 6.92 Å². The number of aryl methyl sites for hydroxylation is 1. The molecule has 2 aromatic heterocycles. The maximum Gasteiger partial charge on any atom is 0.267 e. The normalized spacial score (nSPS) is 10.8. The predicted octanol–water partition coefficient (Wildman–Crippen LogP) is 2.88. The van der Waals surface area contributed by atoms with Crippen LogP contribution >= 0.6 is 11.3 Å². The fourth-order valence-corrected chi connectivity index (χ4v) is 2.68. The minimum Gasteiger partial charge on any atom is -0.384 e. The first kappa shape index (κ1) is 14.5. The standard InChI is InChI=1S/C14H18N4OS/c1-8(2)6-11-13(20-9(3)17-11)14(19)18-10-4-5-12(15)16-7-10/h4-5,7-8H,6H2,1-3H3,(H2,15,16)(H,18,19). The van der Waals surface area contributed by atoms with Crippen molar-refractivity contribution >= 4 is 28.7 Å². The summed E-state index contributed by atoms with van der Waals surface area (Å²) in [6.07, 6.45) is 2.34. The van der Waals surface area contributed by atoms with Gasteiger partial charge in [-0.2, -0.15) is 0 Å². The van der Waals surface area contributed by atoms with Crippen molar-refractivity contribution in [2.45, 2.75) is 27.2 Å². The number of thiazole rings is 1. The summed E-state index contributed by atoms with van der Waals surface area (Å²) < 4.78 is 0.